The summed E-state index contributed by atoms with van der Waals surface area (Å²) in [5, 5.41) is 8.60. The fourth-order valence-corrected chi connectivity index (χ4v) is 4.90. The Morgan fingerprint density at radius 1 is 1.06 bits per heavy atom. The van der Waals surface area contributed by atoms with Gasteiger partial charge in [-0.2, -0.15) is 5.10 Å². The maximum absolute atomic E-state index is 13.8. The molecule has 1 atom stereocenters. The molecule has 33 heavy (non-hydrogen) atoms. The van der Waals surface area contributed by atoms with Crippen LogP contribution in [0, 0.1) is 5.82 Å². The van der Waals surface area contributed by atoms with Crippen molar-refractivity contribution in [3.05, 3.63) is 87.4 Å². The molecule has 3 aromatic rings. The SMILES string of the molecule is CC1=C(C(=O)N2CCN(c3ccc(F)cc3)CC2)[C@@H](c2cccc(Cl)c2Cl)n2nccc2N1. The second-order valence-electron chi connectivity index (χ2n) is 8.13. The normalized spacial score (nSPS) is 18.2. The minimum absolute atomic E-state index is 0.0686. The Morgan fingerprint density at radius 2 is 1.79 bits per heavy atom. The number of hydrogen-bond donors (Lipinski definition) is 1. The number of carbonyl (C=O) groups is 1. The zero-order valence-corrected chi connectivity index (χ0v) is 19.4. The van der Waals surface area contributed by atoms with Gasteiger partial charge in [-0.05, 0) is 37.3 Å². The molecule has 0 saturated carbocycles. The predicted molar refractivity (Wildman–Crippen MR) is 128 cm³/mol. The molecule has 2 aliphatic rings. The highest BCUT2D eigenvalue weighted by Crippen LogP contribution is 2.41. The summed E-state index contributed by atoms with van der Waals surface area (Å²) < 4.78 is 15.0. The van der Waals surface area contributed by atoms with Crippen molar-refractivity contribution >= 4 is 40.6 Å². The van der Waals surface area contributed by atoms with Crippen molar-refractivity contribution in [2.75, 3.05) is 36.4 Å². The van der Waals surface area contributed by atoms with Crippen LogP contribution in [-0.4, -0.2) is 46.8 Å². The summed E-state index contributed by atoms with van der Waals surface area (Å²) in [4.78, 5) is 17.8. The second-order valence-corrected chi connectivity index (χ2v) is 8.91. The highest BCUT2D eigenvalue weighted by Gasteiger charge is 2.37. The number of hydrogen-bond acceptors (Lipinski definition) is 4. The van der Waals surface area contributed by atoms with Gasteiger partial charge in [0.25, 0.3) is 5.91 Å². The molecule has 1 fully saturated rings. The summed E-state index contributed by atoms with van der Waals surface area (Å²) in [6.45, 7) is 4.31. The topological polar surface area (TPSA) is 53.4 Å². The Bertz CT molecular complexity index is 1230. The van der Waals surface area contributed by atoms with E-state index >= 15 is 0 Å². The first-order valence-corrected chi connectivity index (χ1v) is 11.4. The molecule has 1 aromatic heterocycles. The molecule has 0 aliphatic carbocycles. The van der Waals surface area contributed by atoms with E-state index in [1.54, 1.807) is 29.1 Å². The van der Waals surface area contributed by atoms with Gasteiger partial charge < -0.3 is 15.1 Å². The number of nitrogens with zero attached hydrogens (tertiary/aromatic N) is 4. The smallest absolute Gasteiger partial charge is 0.254 e. The molecule has 0 radical (unpaired) electrons. The lowest BCUT2D eigenvalue weighted by atomic mass is 9.94. The quantitative estimate of drug-likeness (QED) is 0.569. The van der Waals surface area contributed by atoms with E-state index in [1.807, 2.05) is 30.0 Å². The average molecular weight is 486 g/mol. The first kappa shape index (κ1) is 21.8. The molecule has 3 heterocycles. The Balaban J connectivity index is 1.44. The summed E-state index contributed by atoms with van der Waals surface area (Å²) in [5.41, 5.74) is 3.02. The number of nitrogens with one attached hydrogen (secondary N) is 1. The van der Waals surface area contributed by atoms with E-state index in [0.717, 1.165) is 22.8 Å². The minimum Gasteiger partial charge on any atom is -0.368 e. The maximum atomic E-state index is 13.8. The van der Waals surface area contributed by atoms with Gasteiger partial charge in [0.05, 0.1) is 21.8 Å². The van der Waals surface area contributed by atoms with E-state index in [0.29, 0.717) is 41.8 Å². The first-order valence-electron chi connectivity index (χ1n) is 10.7. The maximum Gasteiger partial charge on any atom is 0.254 e. The van der Waals surface area contributed by atoms with Crippen LogP contribution in [0.25, 0.3) is 0 Å². The molecule has 1 N–H and O–H groups in total. The Morgan fingerprint density at radius 3 is 2.52 bits per heavy atom. The molecule has 1 amide bonds. The van der Waals surface area contributed by atoms with Crippen LogP contribution in [0.2, 0.25) is 10.0 Å². The zero-order chi connectivity index (χ0) is 23.1. The van der Waals surface area contributed by atoms with Crippen molar-refractivity contribution in [3.8, 4) is 0 Å². The van der Waals surface area contributed by atoms with E-state index in [2.05, 4.69) is 15.3 Å². The number of amides is 1. The van der Waals surface area contributed by atoms with Crippen LogP contribution in [0.5, 0.6) is 0 Å². The van der Waals surface area contributed by atoms with E-state index in [9.17, 15) is 9.18 Å². The third-order valence-corrected chi connectivity index (χ3v) is 7.01. The van der Waals surface area contributed by atoms with Crippen LogP contribution in [-0.2, 0) is 4.79 Å². The Hall–Kier alpha value is -3.03. The molecule has 0 spiro atoms. The molecular weight excluding hydrogens is 464 g/mol. The molecule has 6 nitrogen and oxygen atoms in total. The summed E-state index contributed by atoms with van der Waals surface area (Å²) in [5.74, 6) is 0.454. The summed E-state index contributed by atoms with van der Waals surface area (Å²) in [6, 6.07) is 13.2. The lowest BCUT2D eigenvalue weighted by molar-refractivity contribution is -0.127. The monoisotopic (exact) mass is 485 g/mol. The zero-order valence-electron chi connectivity index (χ0n) is 17.9. The van der Waals surface area contributed by atoms with Crippen LogP contribution in [0.3, 0.4) is 0 Å². The van der Waals surface area contributed by atoms with Crippen molar-refractivity contribution < 1.29 is 9.18 Å². The van der Waals surface area contributed by atoms with E-state index in [-0.39, 0.29) is 11.7 Å². The number of anilines is 2. The molecule has 1 saturated heterocycles. The van der Waals surface area contributed by atoms with E-state index in [4.69, 9.17) is 23.2 Å². The van der Waals surface area contributed by atoms with Gasteiger partial charge in [-0.25, -0.2) is 9.07 Å². The predicted octanol–water partition coefficient (Wildman–Crippen LogP) is 4.97. The van der Waals surface area contributed by atoms with Crippen LogP contribution in [0.15, 0.2) is 66.0 Å². The summed E-state index contributed by atoms with van der Waals surface area (Å²) in [7, 11) is 0. The number of halogens is 3. The highest BCUT2D eigenvalue weighted by atomic mass is 35.5. The molecule has 5 rings (SSSR count). The van der Waals surface area contributed by atoms with Gasteiger partial charge in [0, 0.05) is 49.2 Å². The number of allylic oxidation sites excluding steroid dienone is 1. The Kier molecular flexibility index (Phi) is 5.76. The molecule has 2 aliphatic heterocycles. The number of fused-ring (bicyclic) bond motifs is 1. The summed E-state index contributed by atoms with van der Waals surface area (Å²) >= 11 is 12.9. The van der Waals surface area contributed by atoms with Crippen molar-refractivity contribution in [3.63, 3.8) is 0 Å². The minimum atomic E-state index is -0.495. The largest absolute Gasteiger partial charge is 0.368 e. The van der Waals surface area contributed by atoms with Crippen molar-refractivity contribution in [2.45, 2.75) is 13.0 Å². The molecular formula is C24H22Cl2FN5O. The lowest BCUT2D eigenvalue weighted by Crippen LogP contribution is -2.50. The molecule has 0 unspecified atom stereocenters. The molecule has 170 valence electrons. The van der Waals surface area contributed by atoms with Crippen molar-refractivity contribution in [2.24, 2.45) is 0 Å². The van der Waals surface area contributed by atoms with Gasteiger partial charge in [0.2, 0.25) is 0 Å². The fourth-order valence-electron chi connectivity index (χ4n) is 4.49. The van der Waals surface area contributed by atoms with Crippen molar-refractivity contribution in [1.29, 1.82) is 0 Å². The van der Waals surface area contributed by atoms with Crippen molar-refractivity contribution in [1.82, 2.24) is 14.7 Å². The van der Waals surface area contributed by atoms with E-state index in [1.165, 1.54) is 12.1 Å². The van der Waals surface area contributed by atoms with Crippen LogP contribution in [0.1, 0.15) is 18.5 Å². The number of carbonyl (C=O) groups excluding carboxylic acids is 1. The van der Waals surface area contributed by atoms with Crippen LogP contribution < -0.4 is 10.2 Å². The number of aromatic nitrogens is 2. The van der Waals surface area contributed by atoms with Crippen LogP contribution in [0.4, 0.5) is 15.9 Å². The third-order valence-electron chi connectivity index (χ3n) is 6.17. The third kappa shape index (κ3) is 3.96. The number of benzene rings is 2. The van der Waals surface area contributed by atoms with Gasteiger partial charge in [-0.3, -0.25) is 4.79 Å². The standard InChI is InChI=1S/C24H22Cl2FN5O/c1-15-21(24(33)31-13-11-30(12-14-31)17-7-5-16(27)6-8-17)23(32-20(29-15)9-10-28-32)18-3-2-4-19(25)22(18)26/h2-10,23,29H,11-14H2,1H3/t23-/m1/s1. The number of piperazine rings is 1. The van der Waals surface area contributed by atoms with Crippen LogP contribution >= 0.6 is 23.2 Å². The fraction of sp³-hybridized carbons (Fsp3) is 0.250. The van der Waals surface area contributed by atoms with Gasteiger partial charge in [0.15, 0.2) is 0 Å². The average Bonchev–Trinajstić information content (AvgIpc) is 3.28. The summed E-state index contributed by atoms with van der Waals surface area (Å²) in [6.07, 6.45) is 1.69. The molecule has 9 heteroatoms. The van der Waals surface area contributed by atoms with Gasteiger partial charge in [-0.15, -0.1) is 0 Å². The van der Waals surface area contributed by atoms with Gasteiger partial charge in [-0.1, -0.05) is 35.3 Å². The first-order chi connectivity index (χ1) is 15.9. The van der Waals surface area contributed by atoms with Gasteiger partial charge >= 0.3 is 0 Å². The lowest BCUT2D eigenvalue weighted by Gasteiger charge is -2.38. The highest BCUT2D eigenvalue weighted by molar-refractivity contribution is 6.42. The molecule has 0 bridgehead atoms. The van der Waals surface area contributed by atoms with E-state index < -0.39 is 6.04 Å². The molecule has 2 aromatic carbocycles. The number of rotatable bonds is 3. The Labute approximate surface area is 201 Å². The second kappa shape index (κ2) is 8.72. The van der Waals surface area contributed by atoms with Gasteiger partial charge in [0.1, 0.15) is 17.7 Å².